The van der Waals surface area contributed by atoms with Gasteiger partial charge in [-0.05, 0) is 38.1 Å². The van der Waals surface area contributed by atoms with E-state index < -0.39 is 29.7 Å². The quantitative estimate of drug-likeness (QED) is 0.358. The molecule has 1 unspecified atom stereocenters. The Bertz CT molecular complexity index is 672. The van der Waals surface area contributed by atoms with Crippen LogP contribution in [0.15, 0.2) is 29.8 Å². The highest BCUT2D eigenvalue weighted by Gasteiger charge is 2.44. The van der Waals surface area contributed by atoms with E-state index in [1.165, 1.54) is 13.0 Å². The molecule has 123 valence electrons. The lowest BCUT2D eigenvalue weighted by atomic mass is 10.1. The SMILES string of the molecule is C[C]=C1C(=O)N(c2cccc(C(F)(F)F)c2)N(C(=O)NN)C1C. The van der Waals surface area contributed by atoms with Crippen LogP contribution in [0.2, 0.25) is 0 Å². The number of halogens is 3. The van der Waals surface area contributed by atoms with E-state index in [-0.39, 0.29) is 11.3 Å². The fourth-order valence-corrected chi connectivity index (χ4v) is 2.39. The van der Waals surface area contributed by atoms with E-state index >= 15 is 0 Å². The maximum Gasteiger partial charge on any atom is 0.416 e. The number of allylic oxidation sites excluding steroid dienone is 1. The Balaban J connectivity index is 2.55. The molecule has 0 saturated carbocycles. The third-order valence-electron chi connectivity index (χ3n) is 3.44. The first-order chi connectivity index (χ1) is 10.7. The molecule has 3 N–H and O–H groups in total. The van der Waals surface area contributed by atoms with E-state index in [1.54, 1.807) is 6.92 Å². The van der Waals surface area contributed by atoms with Gasteiger partial charge in [-0.3, -0.25) is 10.2 Å². The molecule has 23 heavy (non-hydrogen) atoms. The highest BCUT2D eigenvalue weighted by molar-refractivity contribution is 6.10. The number of hydrogen-bond acceptors (Lipinski definition) is 3. The largest absolute Gasteiger partial charge is 0.416 e. The van der Waals surface area contributed by atoms with Crippen LogP contribution in [0.3, 0.4) is 0 Å². The number of carbonyl (C=O) groups excluding carboxylic acids is 2. The fraction of sp³-hybridized carbons (Fsp3) is 0.286. The van der Waals surface area contributed by atoms with Crippen molar-refractivity contribution in [1.29, 1.82) is 0 Å². The molecule has 0 aliphatic carbocycles. The molecule has 1 aromatic rings. The molecule has 1 fully saturated rings. The summed E-state index contributed by atoms with van der Waals surface area (Å²) in [7, 11) is 0. The first-order valence-electron chi connectivity index (χ1n) is 6.58. The van der Waals surface area contributed by atoms with E-state index in [0.29, 0.717) is 0 Å². The number of benzene rings is 1. The van der Waals surface area contributed by atoms with E-state index in [0.717, 1.165) is 28.2 Å². The third-order valence-corrected chi connectivity index (χ3v) is 3.44. The summed E-state index contributed by atoms with van der Waals surface area (Å²) < 4.78 is 38.6. The molecule has 1 aliphatic heterocycles. The van der Waals surface area contributed by atoms with Crippen LogP contribution < -0.4 is 16.3 Å². The highest BCUT2D eigenvalue weighted by atomic mass is 19.4. The second kappa shape index (κ2) is 5.92. The van der Waals surface area contributed by atoms with Crippen molar-refractivity contribution in [2.45, 2.75) is 26.1 Å². The number of alkyl halides is 3. The molecular weight excluding hydrogens is 313 g/mol. The van der Waals surface area contributed by atoms with Gasteiger partial charge < -0.3 is 0 Å². The molecule has 1 saturated heterocycles. The molecule has 0 bridgehead atoms. The lowest BCUT2D eigenvalue weighted by Crippen LogP contribution is -2.52. The van der Waals surface area contributed by atoms with E-state index in [2.05, 4.69) is 6.08 Å². The number of nitrogens with zero attached hydrogens (tertiary/aromatic N) is 2. The normalized spacial score (nSPS) is 20.3. The van der Waals surface area contributed by atoms with Crippen molar-refractivity contribution in [3.63, 3.8) is 0 Å². The van der Waals surface area contributed by atoms with Gasteiger partial charge in [0, 0.05) is 5.57 Å². The molecule has 1 radical (unpaired) electrons. The summed E-state index contributed by atoms with van der Waals surface area (Å²) in [4.78, 5) is 24.4. The van der Waals surface area contributed by atoms with Gasteiger partial charge in [0.15, 0.2) is 0 Å². The number of carbonyl (C=O) groups is 2. The lowest BCUT2D eigenvalue weighted by Gasteiger charge is -2.29. The monoisotopic (exact) mass is 327 g/mol. The summed E-state index contributed by atoms with van der Waals surface area (Å²) in [5.74, 6) is 4.46. The first kappa shape index (κ1) is 16.8. The minimum absolute atomic E-state index is 0.0921. The smallest absolute Gasteiger partial charge is 0.274 e. The van der Waals surface area contributed by atoms with E-state index in [4.69, 9.17) is 5.84 Å². The Morgan fingerprint density at radius 3 is 2.57 bits per heavy atom. The van der Waals surface area contributed by atoms with Gasteiger partial charge in [0.05, 0.1) is 17.3 Å². The van der Waals surface area contributed by atoms with Crippen LogP contribution in [0.1, 0.15) is 19.4 Å². The summed E-state index contributed by atoms with van der Waals surface area (Å²) in [6.45, 7) is 3.03. The average molecular weight is 327 g/mol. The molecule has 2 rings (SSSR count). The molecular formula is C14H14F3N4O2. The van der Waals surface area contributed by atoms with Crippen molar-refractivity contribution in [1.82, 2.24) is 10.4 Å². The van der Waals surface area contributed by atoms with Gasteiger partial charge in [-0.2, -0.15) is 13.2 Å². The molecule has 1 aromatic carbocycles. The van der Waals surface area contributed by atoms with Gasteiger partial charge in [-0.1, -0.05) is 6.07 Å². The van der Waals surface area contributed by atoms with Gasteiger partial charge in [0.25, 0.3) is 5.91 Å². The highest BCUT2D eigenvalue weighted by Crippen LogP contribution is 2.35. The summed E-state index contributed by atoms with van der Waals surface area (Å²) in [5, 5.41) is 1.80. The molecule has 3 amide bonds. The van der Waals surface area contributed by atoms with Crippen LogP contribution in [0.5, 0.6) is 0 Å². The summed E-state index contributed by atoms with van der Waals surface area (Å²) in [6, 6.07) is 2.59. The van der Waals surface area contributed by atoms with Gasteiger partial charge in [0.2, 0.25) is 0 Å². The fourth-order valence-electron chi connectivity index (χ4n) is 2.39. The van der Waals surface area contributed by atoms with Crippen LogP contribution in [-0.4, -0.2) is 23.0 Å². The van der Waals surface area contributed by atoms with Crippen LogP contribution >= 0.6 is 0 Å². The Morgan fingerprint density at radius 2 is 2.04 bits per heavy atom. The van der Waals surface area contributed by atoms with Crippen molar-refractivity contribution in [3.8, 4) is 0 Å². The summed E-state index contributed by atoms with van der Waals surface area (Å²) in [6.07, 6.45) is -1.91. The predicted octanol–water partition coefficient (Wildman–Crippen LogP) is 1.99. The average Bonchev–Trinajstić information content (AvgIpc) is 2.76. The van der Waals surface area contributed by atoms with Crippen LogP contribution in [0, 0.1) is 6.08 Å². The molecule has 0 spiro atoms. The minimum Gasteiger partial charge on any atom is -0.274 e. The van der Waals surface area contributed by atoms with Crippen LogP contribution in [-0.2, 0) is 11.0 Å². The zero-order valence-electron chi connectivity index (χ0n) is 12.3. The van der Waals surface area contributed by atoms with Crippen molar-refractivity contribution < 1.29 is 22.8 Å². The maximum atomic E-state index is 12.9. The van der Waals surface area contributed by atoms with E-state index in [9.17, 15) is 22.8 Å². The maximum absolute atomic E-state index is 12.9. The first-order valence-corrected chi connectivity index (χ1v) is 6.58. The standard InChI is InChI=1S/C14H14F3N4O2/c1-3-11-8(2)20(13(23)19-18)21(12(11)22)10-6-4-5-9(7-10)14(15,16)17/h4-8H,18H2,1-2H3,(H,19,23). The molecule has 1 heterocycles. The Morgan fingerprint density at radius 1 is 1.39 bits per heavy atom. The molecule has 9 heteroatoms. The van der Waals surface area contributed by atoms with Gasteiger partial charge in [0.1, 0.15) is 0 Å². The van der Waals surface area contributed by atoms with Gasteiger partial charge >= 0.3 is 12.2 Å². The molecule has 1 aliphatic rings. The van der Waals surface area contributed by atoms with Crippen LogP contribution in [0.25, 0.3) is 0 Å². The number of hydrazine groups is 2. The topological polar surface area (TPSA) is 78.7 Å². The second-order valence-electron chi connectivity index (χ2n) is 4.80. The second-order valence-corrected chi connectivity index (χ2v) is 4.80. The number of rotatable bonds is 1. The van der Waals surface area contributed by atoms with Crippen molar-refractivity contribution in [2.24, 2.45) is 5.84 Å². The number of hydrogen-bond donors (Lipinski definition) is 2. The Hall–Kier alpha value is -2.55. The van der Waals surface area contributed by atoms with Crippen molar-refractivity contribution in [3.05, 3.63) is 41.5 Å². The summed E-state index contributed by atoms with van der Waals surface area (Å²) in [5.41, 5.74) is 1.01. The minimum atomic E-state index is -4.57. The lowest BCUT2D eigenvalue weighted by molar-refractivity contribution is -0.137. The Kier molecular flexibility index (Phi) is 4.33. The van der Waals surface area contributed by atoms with Gasteiger partial charge in [-0.15, -0.1) is 0 Å². The number of nitrogens with one attached hydrogen (secondary N) is 1. The zero-order chi connectivity index (χ0) is 17.4. The van der Waals surface area contributed by atoms with Crippen molar-refractivity contribution in [2.75, 3.05) is 5.01 Å². The Labute approximate surface area is 130 Å². The number of anilines is 1. The van der Waals surface area contributed by atoms with Crippen LogP contribution in [0.4, 0.5) is 23.7 Å². The van der Waals surface area contributed by atoms with E-state index in [1.807, 2.05) is 5.43 Å². The molecule has 6 nitrogen and oxygen atoms in total. The zero-order valence-corrected chi connectivity index (χ0v) is 12.3. The molecule has 0 aromatic heterocycles. The summed E-state index contributed by atoms with van der Waals surface area (Å²) >= 11 is 0. The van der Waals surface area contributed by atoms with Gasteiger partial charge in [-0.25, -0.2) is 20.7 Å². The predicted molar refractivity (Wildman–Crippen MR) is 75.4 cm³/mol. The number of urea groups is 1. The van der Waals surface area contributed by atoms with Crippen molar-refractivity contribution >= 4 is 17.6 Å². The number of nitrogens with two attached hydrogens (primary N) is 1. The third kappa shape index (κ3) is 2.87. The number of amides is 3. The molecule has 1 atom stereocenters.